The molecule has 1 fully saturated rings. The Morgan fingerprint density at radius 1 is 1.41 bits per heavy atom. The minimum Gasteiger partial charge on any atom is -0.396 e. The third-order valence-electron chi connectivity index (χ3n) is 2.98. The zero-order valence-electron chi connectivity index (χ0n) is 9.73. The number of hydrogen-bond acceptors (Lipinski definition) is 5. The van der Waals surface area contributed by atoms with E-state index in [0.29, 0.717) is 16.1 Å². The average Bonchev–Trinajstić information content (AvgIpc) is 3.10. The lowest BCUT2D eigenvalue weighted by molar-refractivity contribution is 0.747. The quantitative estimate of drug-likeness (QED) is 0.884. The monoisotopic (exact) mass is 246 g/mol. The molecule has 1 heterocycles. The fraction of sp³-hybridized carbons (Fsp3) is 0.500. The number of rotatable bonds is 4. The first-order valence-corrected chi connectivity index (χ1v) is 6.50. The molecule has 0 amide bonds. The Bertz CT molecular complexity index is 502. The van der Waals surface area contributed by atoms with E-state index in [9.17, 15) is 0 Å². The third kappa shape index (κ3) is 2.20. The van der Waals surface area contributed by atoms with Crippen LogP contribution in [0.25, 0.3) is 0 Å². The molecule has 17 heavy (non-hydrogen) atoms. The van der Waals surface area contributed by atoms with E-state index in [-0.39, 0.29) is 0 Å². The molecule has 0 bridgehead atoms. The summed E-state index contributed by atoms with van der Waals surface area (Å²) in [4.78, 5) is 2.61. The molecule has 1 aliphatic carbocycles. The summed E-state index contributed by atoms with van der Waals surface area (Å²) in [5.74, 6) is 0.746. The zero-order chi connectivity index (χ0) is 12.4. The van der Waals surface area contributed by atoms with E-state index < -0.39 is 0 Å². The Morgan fingerprint density at radius 3 is 2.59 bits per heavy atom. The van der Waals surface area contributed by atoms with Gasteiger partial charge < -0.3 is 10.6 Å². The Morgan fingerprint density at radius 2 is 2.12 bits per heavy atom. The van der Waals surface area contributed by atoms with Gasteiger partial charge in [-0.3, -0.25) is 0 Å². The van der Waals surface area contributed by atoms with Gasteiger partial charge in [0, 0.05) is 13.1 Å². The molecule has 5 heteroatoms. The molecular formula is C12H14N4S. The first-order valence-electron chi connectivity index (χ1n) is 5.68. The van der Waals surface area contributed by atoms with Gasteiger partial charge in [0.25, 0.3) is 0 Å². The van der Waals surface area contributed by atoms with Crippen LogP contribution in [0.5, 0.6) is 0 Å². The van der Waals surface area contributed by atoms with E-state index in [1.54, 1.807) is 0 Å². The van der Waals surface area contributed by atoms with Crippen molar-refractivity contribution in [3.63, 3.8) is 0 Å². The summed E-state index contributed by atoms with van der Waals surface area (Å²) >= 11 is 1.33. The van der Waals surface area contributed by atoms with Gasteiger partial charge >= 0.3 is 0 Å². The predicted octanol–water partition coefficient (Wildman–Crippen LogP) is 2.31. The van der Waals surface area contributed by atoms with Crippen molar-refractivity contribution in [1.29, 1.82) is 10.5 Å². The Hall–Kier alpha value is -1.72. The molecule has 0 unspecified atom stereocenters. The minimum atomic E-state index is 0.337. The topological polar surface area (TPSA) is 76.8 Å². The SMILES string of the molecule is CCN(CC1CC1)c1sc(C#N)c(N)c1C#N. The van der Waals surface area contributed by atoms with Gasteiger partial charge in [-0.05, 0) is 25.7 Å². The zero-order valence-corrected chi connectivity index (χ0v) is 10.5. The van der Waals surface area contributed by atoms with Gasteiger partial charge in [-0.15, -0.1) is 11.3 Å². The van der Waals surface area contributed by atoms with Crippen molar-refractivity contribution in [1.82, 2.24) is 0 Å². The summed E-state index contributed by atoms with van der Waals surface area (Å²) in [6.45, 7) is 3.87. The van der Waals surface area contributed by atoms with Crippen molar-refractivity contribution in [2.24, 2.45) is 5.92 Å². The second-order valence-electron chi connectivity index (χ2n) is 4.23. The molecule has 1 aliphatic rings. The minimum absolute atomic E-state index is 0.337. The second kappa shape index (κ2) is 4.65. The van der Waals surface area contributed by atoms with Crippen LogP contribution in [0.2, 0.25) is 0 Å². The van der Waals surface area contributed by atoms with Crippen LogP contribution in [-0.2, 0) is 0 Å². The summed E-state index contributed by atoms with van der Waals surface area (Å²) in [5.41, 5.74) is 6.61. The van der Waals surface area contributed by atoms with Crippen LogP contribution in [0.3, 0.4) is 0 Å². The van der Waals surface area contributed by atoms with Gasteiger partial charge in [-0.2, -0.15) is 10.5 Å². The van der Waals surface area contributed by atoms with Crippen LogP contribution >= 0.6 is 11.3 Å². The van der Waals surface area contributed by atoms with E-state index >= 15 is 0 Å². The Balaban J connectivity index is 2.35. The molecule has 0 atom stereocenters. The molecule has 1 aromatic heterocycles. The summed E-state index contributed by atoms with van der Waals surface area (Å²) in [7, 11) is 0. The molecular weight excluding hydrogens is 232 g/mol. The van der Waals surface area contributed by atoms with E-state index in [0.717, 1.165) is 24.0 Å². The molecule has 4 nitrogen and oxygen atoms in total. The van der Waals surface area contributed by atoms with Crippen molar-refractivity contribution in [2.75, 3.05) is 23.7 Å². The molecule has 2 rings (SSSR count). The first kappa shape index (κ1) is 11.8. The Labute approximate surface area is 105 Å². The van der Waals surface area contributed by atoms with Crippen LogP contribution in [-0.4, -0.2) is 13.1 Å². The maximum atomic E-state index is 9.14. The van der Waals surface area contributed by atoms with E-state index in [1.807, 2.05) is 0 Å². The molecule has 2 N–H and O–H groups in total. The van der Waals surface area contributed by atoms with Crippen LogP contribution in [0, 0.1) is 28.6 Å². The van der Waals surface area contributed by atoms with Crippen molar-refractivity contribution in [3.8, 4) is 12.1 Å². The van der Waals surface area contributed by atoms with Crippen molar-refractivity contribution in [2.45, 2.75) is 19.8 Å². The summed E-state index contributed by atoms with van der Waals surface area (Å²) in [6, 6.07) is 4.17. The maximum Gasteiger partial charge on any atom is 0.131 e. The number of thiophene rings is 1. The van der Waals surface area contributed by atoms with Gasteiger partial charge in [0.15, 0.2) is 0 Å². The number of nitrogens with zero attached hydrogens (tertiary/aromatic N) is 3. The summed E-state index contributed by atoms with van der Waals surface area (Å²) < 4.78 is 0. The van der Waals surface area contributed by atoms with Crippen molar-refractivity contribution >= 4 is 22.0 Å². The van der Waals surface area contributed by atoms with Gasteiger partial charge in [0.2, 0.25) is 0 Å². The largest absolute Gasteiger partial charge is 0.396 e. The number of nitrogens with two attached hydrogens (primary N) is 1. The molecule has 1 saturated carbocycles. The fourth-order valence-electron chi connectivity index (χ4n) is 1.81. The molecule has 0 aliphatic heterocycles. The number of nitriles is 2. The molecule has 0 spiro atoms. The van der Waals surface area contributed by atoms with Crippen LogP contribution in [0.15, 0.2) is 0 Å². The molecule has 1 aromatic rings. The van der Waals surface area contributed by atoms with E-state index in [2.05, 4.69) is 24.0 Å². The maximum absolute atomic E-state index is 9.14. The summed E-state index contributed by atoms with van der Waals surface area (Å²) in [5, 5.41) is 19.0. The van der Waals surface area contributed by atoms with Gasteiger partial charge in [0.1, 0.15) is 27.6 Å². The highest BCUT2D eigenvalue weighted by Crippen LogP contribution is 2.39. The van der Waals surface area contributed by atoms with E-state index in [1.165, 1.54) is 24.2 Å². The number of nitrogen functional groups attached to an aromatic ring is 1. The lowest BCUT2D eigenvalue weighted by Gasteiger charge is -2.21. The van der Waals surface area contributed by atoms with Gasteiger partial charge in [-0.25, -0.2) is 0 Å². The highest BCUT2D eigenvalue weighted by molar-refractivity contribution is 7.17. The van der Waals surface area contributed by atoms with Gasteiger partial charge in [0.05, 0.1) is 5.69 Å². The first-order chi connectivity index (χ1) is 8.21. The second-order valence-corrected chi connectivity index (χ2v) is 5.23. The molecule has 0 radical (unpaired) electrons. The highest BCUT2D eigenvalue weighted by atomic mass is 32.1. The summed E-state index contributed by atoms with van der Waals surface area (Å²) in [6.07, 6.45) is 2.54. The molecule has 0 aromatic carbocycles. The van der Waals surface area contributed by atoms with Crippen LogP contribution in [0.4, 0.5) is 10.7 Å². The normalized spacial score (nSPS) is 14.1. The average molecular weight is 246 g/mol. The third-order valence-corrected chi connectivity index (χ3v) is 4.16. The van der Waals surface area contributed by atoms with Crippen LogP contribution in [0.1, 0.15) is 30.2 Å². The lowest BCUT2D eigenvalue weighted by atomic mass is 10.2. The molecule has 88 valence electrons. The molecule has 0 saturated heterocycles. The highest BCUT2D eigenvalue weighted by Gasteiger charge is 2.27. The smallest absolute Gasteiger partial charge is 0.131 e. The van der Waals surface area contributed by atoms with Crippen molar-refractivity contribution < 1.29 is 0 Å². The Kier molecular flexibility index (Phi) is 3.21. The fourth-order valence-corrected chi connectivity index (χ4v) is 2.85. The van der Waals surface area contributed by atoms with Crippen molar-refractivity contribution in [3.05, 3.63) is 10.4 Å². The van der Waals surface area contributed by atoms with Crippen LogP contribution < -0.4 is 10.6 Å². The standard InChI is InChI=1S/C12H14N4S/c1-2-16(7-8-3-4-8)12-9(5-13)11(15)10(6-14)17-12/h8H,2-4,7,15H2,1H3. The van der Waals surface area contributed by atoms with E-state index in [4.69, 9.17) is 16.3 Å². The lowest BCUT2D eigenvalue weighted by Crippen LogP contribution is -2.24. The predicted molar refractivity (Wildman–Crippen MR) is 68.8 cm³/mol. The number of hydrogen-bond donors (Lipinski definition) is 1. The van der Waals surface area contributed by atoms with Gasteiger partial charge in [-0.1, -0.05) is 0 Å². The number of anilines is 2.